The minimum atomic E-state index is -0.368. The molecule has 1 atom stereocenters. The van der Waals surface area contributed by atoms with Gasteiger partial charge in [-0.05, 0) is 60.8 Å². The maximum absolute atomic E-state index is 11.3. The predicted octanol–water partition coefficient (Wildman–Crippen LogP) is 2.86. The largest absolute Gasteiger partial charge is 0.375 e. The van der Waals surface area contributed by atoms with Crippen LogP contribution < -0.4 is 5.32 Å². The molecule has 0 spiro atoms. The zero-order chi connectivity index (χ0) is 15.0. The first-order chi connectivity index (χ1) is 10.0. The zero-order valence-electron chi connectivity index (χ0n) is 11.5. The van der Waals surface area contributed by atoms with Crippen LogP contribution in [0.5, 0.6) is 0 Å². The molecule has 3 rings (SSSR count). The minimum absolute atomic E-state index is 0.0408. The van der Waals surface area contributed by atoms with Gasteiger partial charge in [0.1, 0.15) is 11.9 Å². The number of hydrogen-bond donors (Lipinski definition) is 1. The van der Waals surface area contributed by atoms with Gasteiger partial charge in [-0.2, -0.15) is 0 Å². The van der Waals surface area contributed by atoms with E-state index in [1.807, 2.05) is 18.2 Å². The number of aromatic nitrogens is 1. The van der Waals surface area contributed by atoms with Crippen molar-refractivity contribution in [2.75, 3.05) is 25.5 Å². The summed E-state index contributed by atoms with van der Waals surface area (Å²) in [4.78, 5) is 17.4. The van der Waals surface area contributed by atoms with E-state index in [2.05, 4.69) is 44.8 Å². The van der Waals surface area contributed by atoms with E-state index in [0.29, 0.717) is 5.69 Å². The highest BCUT2D eigenvalue weighted by Gasteiger charge is 2.24. The number of pyridine rings is 1. The second kappa shape index (κ2) is 5.72. The molecule has 6 nitrogen and oxygen atoms in total. The van der Waals surface area contributed by atoms with E-state index in [1.54, 1.807) is 0 Å². The summed E-state index contributed by atoms with van der Waals surface area (Å²) < 4.78 is 1.04. The normalized spacial score (nSPS) is 19.0. The highest BCUT2D eigenvalue weighted by Crippen LogP contribution is 2.33. The van der Waals surface area contributed by atoms with Gasteiger partial charge in [0.25, 0.3) is 0 Å². The Kier molecular flexibility index (Phi) is 3.94. The molecule has 0 amide bonds. The van der Waals surface area contributed by atoms with Crippen molar-refractivity contribution in [2.24, 2.45) is 0 Å². The van der Waals surface area contributed by atoms with Crippen LogP contribution >= 0.6 is 22.6 Å². The van der Waals surface area contributed by atoms with Crippen LogP contribution in [0.2, 0.25) is 0 Å². The molecule has 1 aliphatic heterocycles. The average molecular weight is 398 g/mol. The smallest absolute Gasteiger partial charge is 0.311 e. The molecule has 1 unspecified atom stereocenters. The molecule has 7 heteroatoms. The Bertz CT molecular complexity index is 707. The van der Waals surface area contributed by atoms with E-state index in [0.717, 1.165) is 34.0 Å². The van der Waals surface area contributed by atoms with Crippen LogP contribution in [0.3, 0.4) is 0 Å². The molecule has 1 fully saturated rings. The standard InChI is InChI=1S/C14H15IN4O2/c1-18-5-4-10(8-18)17-14-11-6-9(15)2-3-12(11)16-7-13(14)19(20)21/h2-3,6-7,10H,4-5,8H2,1H3,(H,16,17). The van der Waals surface area contributed by atoms with Crippen molar-refractivity contribution in [2.45, 2.75) is 12.5 Å². The van der Waals surface area contributed by atoms with Crippen LogP contribution in [0, 0.1) is 13.7 Å². The lowest BCUT2D eigenvalue weighted by atomic mass is 10.1. The third-order valence-electron chi connectivity index (χ3n) is 3.75. The maximum atomic E-state index is 11.3. The molecule has 21 heavy (non-hydrogen) atoms. The Morgan fingerprint density at radius 3 is 3.00 bits per heavy atom. The molecule has 0 radical (unpaired) electrons. The average Bonchev–Trinajstić information content (AvgIpc) is 2.84. The summed E-state index contributed by atoms with van der Waals surface area (Å²) in [7, 11) is 2.06. The Morgan fingerprint density at radius 1 is 1.52 bits per heavy atom. The highest BCUT2D eigenvalue weighted by molar-refractivity contribution is 14.1. The molecule has 2 aromatic rings. The summed E-state index contributed by atoms with van der Waals surface area (Å²) in [5.74, 6) is 0. The fraction of sp³-hybridized carbons (Fsp3) is 0.357. The number of nitrogens with one attached hydrogen (secondary N) is 1. The van der Waals surface area contributed by atoms with Crippen LogP contribution in [-0.2, 0) is 0 Å². The molecule has 2 heterocycles. The van der Waals surface area contributed by atoms with Gasteiger partial charge in [-0.1, -0.05) is 0 Å². The van der Waals surface area contributed by atoms with Crippen LogP contribution in [0.15, 0.2) is 24.4 Å². The Hall–Kier alpha value is -1.48. The number of likely N-dealkylation sites (tertiary alicyclic amines) is 1. The van der Waals surface area contributed by atoms with Crippen molar-refractivity contribution in [1.82, 2.24) is 9.88 Å². The Balaban J connectivity index is 2.09. The second-order valence-electron chi connectivity index (χ2n) is 5.33. The van der Waals surface area contributed by atoms with Gasteiger partial charge >= 0.3 is 5.69 Å². The molecule has 1 aliphatic rings. The Morgan fingerprint density at radius 2 is 2.33 bits per heavy atom. The SMILES string of the molecule is CN1CCC(Nc2c([N+](=O)[O-])cnc3ccc(I)cc23)C1. The number of halogens is 1. The van der Waals surface area contributed by atoms with Crippen molar-refractivity contribution < 1.29 is 4.92 Å². The molecule has 0 bridgehead atoms. The minimum Gasteiger partial charge on any atom is -0.375 e. The van der Waals surface area contributed by atoms with Crippen LogP contribution in [0.25, 0.3) is 10.9 Å². The van der Waals surface area contributed by atoms with Gasteiger partial charge < -0.3 is 10.2 Å². The fourth-order valence-electron chi connectivity index (χ4n) is 2.70. The van der Waals surface area contributed by atoms with Gasteiger partial charge in [-0.15, -0.1) is 0 Å². The summed E-state index contributed by atoms with van der Waals surface area (Å²) in [5.41, 5.74) is 1.40. The first-order valence-corrected chi connectivity index (χ1v) is 7.80. The molecule has 1 N–H and O–H groups in total. The van der Waals surface area contributed by atoms with Crippen molar-refractivity contribution in [3.8, 4) is 0 Å². The van der Waals surface area contributed by atoms with E-state index in [-0.39, 0.29) is 16.7 Å². The first-order valence-electron chi connectivity index (χ1n) is 6.72. The van der Waals surface area contributed by atoms with Gasteiger partial charge in [0.05, 0.1) is 10.4 Å². The number of likely N-dealkylation sites (N-methyl/N-ethyl adjacent to an activating group) is 1. The van der Waals surface area contributed by atoms with Crippen LogP contribution in [0.4, 0.5) is 11.4 Å². The summed E-state index contributed by atoms with van der Waals surface area (Å²) in [6, 6.07) is 6.02. The van der Waals surface area contributed by atoms with E-state index >= 15 is 0 Å². The van der Waals surface area contributed by atoms with Gasteiger partial charge in [0.2, 0.25) is 0 Å². The predicted molar refractivity (Wildman–Crippen MR) is 90.6 cm³/mol. The molecular formula is C14H15IN4O2. The first kappa shape index (κ1) is 14.5. The molecule has 0 saturated carbocycles. The summed E-state index contributed by atoms with van der Waals surface area (Å²) in [5, 5.41) is 15.5. The number of rotatable bonds is 3. The number of anilines is 1. The lowest BCUT2D eigenvalue weighted by Crippen LogP contribution is -2.24. The maximum Gasteiger partial charge on any atom is 0.311 e. The molecule has 0 aliphatic carbocycles. The second-order valence-corrected chi connectivity index (χ2v) is 6.57. The van der Waals surface area contributed by atoms with Crippen molar-refractivity contribution in [3.05, 3.63) is 38.1 Å². The fourth-order valence-corrected chi connectivity index (χ4v) is 3.19. The van der Waals surface area contributed by atoms with E-state index in [9.17, 15) is 10.1 Å². The number of nitrogens with zero attached hydrogens (tertiary/aromatic N) is 3. The van der Waals surface area contributed by atoms with Gasteiger partial charge in [-0.3, -0.25) is 10.1 Å². The lowest BCUT2D eigenvalue weighted by Gasteiger charge is -2.16. The summed E-state index contributed by atoms with van der Waals surface area (Å²) in [6.07, 6.45) is 2.33. The molecule has 1 aromatic heterocycles. The topological polar surface area (TPSA) is 71.3 Å². The Labute approximate surface area is 135 Å². The third-order valence-corrected chi connectivity index (χ3v) is 4.42. The van der Waals surface area contributed by atoms with E-state index in [4.69, 9.17) is 0 Å². The van der Waals surface area contributed by atoms with Gasteiger partial charge in [0.15, 0.2) is 0 Å². The van der Waals surface area contributed by atoms with E-state index in [1.165, 1.54) is 6.20 Å². The quantitative estimate of drug-likeness (QED) is 0.489. The number of hydrogen-bond acceptors (Lipinski definition) is 5. The number of nitro groups is 1. The van der Waals surface area contributed by atoms with E-state index < -0.39 is 0 Å². The number of benzene rings is 1. The molecule has 110 valence electrons. The van der Waals surface area contributed by atoms with Gasteiger partial charge in [0, 0.05) is 21.5 Å². The molecule has 1 saturated heterocycles. The lowest BCUT2D eigenvalue weighted by molar-refractivity contribution is -0.384. The van der Waals surface area contributed by atoms with Gasteiger partial charge in [-0.25, -0.2) is 4.98 Å². The van der Waals surface area contributed by atoms with Crippen molar-refractivity contribution >= 4 is 44.9 Å². The molecule has 1 aromatic carbocycles. The molecular weight excluding hydrogens is 383 g/mol. The van der Waals surface area contributed by atoms with Crippen molar-refractivity contribution in [3.63, 3.8) is 0 Å². The highest BCUT2D eigenvalue weighted by atomic mass is 127. The van der Waals surface area contributed by atoms with Crippen molar-refractivity contribution in [1.29, 1.82) is 0 Å². The van der Waals surface area contributed by atoms with Crippen LogP contribution in [0.1, 0.15) is 6.42 Å². The summed E-state index contributed by atoms with van der Waals surface area (Å²) >= 11 is 2.21. The van der Waals surface area contributed by atoms with Crippen LogP contribution in [-0.4, -0.2) is 41.0 Å². The monoisotopic (exact) mass is 398 g/mol. The zero-order valence-corrected chi connectivity index (χ0v) is 13.7. The summed E-state index contributed by atoms with van der Waals surface area (Å²) in [6.45, 7) is 1.90. The number of fused-ring (bicyclic) bond motifs is 1. The third kappa shape index (κ3) is 2.93.